The molecule has 2 N–H and O–H groups in total. The van der Waals surface area contributed by atoms with Gasteiger partial charge >= 0.3 is 5.97 Å². The van der Waals surface area contributed by atoms with Gasteiger partial charge in [0.2, 0.25) is 0 Å². The van der Waals surface area contributed by atoms with Gasteiger partial charge in [0.25, 0.3) is 0 Å². The Balaban J connectivity index is 1.43. The average molecular weight is 467 g/mol. The SMILES string of the molecule is C[C@H](Cc1cc(C(=O)O)co1)[C@]1(C)CC=C2C3=CC[C@H]4C(C)(C)[C@H](O)CC[C@]4(C)[C@@H]3CC[C@]21C. The molecule has 0 aromatic carbocycles. The molecule has 0 aliphatic heterocycles. The molecule has 4 nitrogen and oxygen atoms in total. The van der Waals surface area contributed by atoms with Gasteiger partial charge in [-0.25, -0.2) is 4.79 Å². The van der Waals surface area contributed by atoms with E-state index in [0.29, 0.717) is 17.8 Å². The second-order valence-corrected chi connectivity index (χ2v) is 13.2. The minimum Gasteiger partial charge on any atom is -0.478 e. The third-order valence-corrected chi connectivity index (χ3v) is 11.6. The van der Waals surface area contributed by atoms with E-state index >= 15 is 0 Å². The monoisotopic (exact) mass is 466 g/mol. The summed E-state index contributed by atoms with van der Waals surface area (Å²) in [5, 5.41) is 20.0. The quantitative estimate of drug-likeness (QED) is 0.499. The van der Waals surface area contributed by atoms with Crippen molar-refractivity contribution in [3.63, 3.8) is 0 Å². The molecule has 4 aliphatic carbocycles. The largest absolute Gasteiger partial charge is 0.478 e. The fourth-order valence-electron chi connectivity index (χ4n) is 8.83. The Morgan fingerprint density at radius 1 is 1.15 bits per heavy atom. The number of aliphatic hydroxyl groups excluding tert-OH is 1. The summed E-state index contributed by atoms with van der Waals surface area (Å²) in [5.41, 5.74) is 3.84. The van der Waals surface area contributed by atoms with Crippen molar-refractivity contribution in [3.05, 3.63) is 47.0 Å². The maximum Gasteiger partial charge on any atom is 0.338 e. The molecule has 0 saturated heterocycles. The van der Waals surface area contributed by atoms with Crippen molar-refractivity contribution in [2.75, 3.05) is 0 Å². The molecule has 0 unspecified atom stereocenters. The number of allylic oxidation sites excluding steroid dienone is 4. The molecule has 0 spiro atoms. The summed E-state index contributed by atoms with van der Waals surface area (Å²) in [6, 6.07) is 1.69. The van der Waals surface area contributed by atoms with Gasteiger partial charge in [0.1, 0.15) is 12.0 Å². The van der Waals surface area contributed by atoms with Crippen LogP contribution in [0.3, 0.4) is 0 Å². The van der Waals surface area contributed by atoms with E-state index in [1.54, 1.807) is 17.2 Å². The number of carbonyl (C=O) groups is 1. The number of aromatic carboxylic acids is 1. The molecule has 2 saturated carbocycles. The molecule has 1 aromatic heterocycles. The molecule has 5 rings (SSSR count). The highest BCUT2D eigenvalue weighted by molar-refractivity contribution is 5.87. The van der Waals surface area contributed by atoms with Crippen molar-refractivity contribution in [2.24, 2.45) is 39.4 Å². The Kier molecular flexibility index (Phi) is 5.34. The van der Waals surface area contributed by atoms with Crippen molar-refractivity contribution >= 4 is 5.97 Å². The molecule has 0 amide bonds. The fourth-order valence-corrected chi connectivity index (χ4v) is 8.83. The first kappa shape index (κ1) is 23.9. The molecule has 0 radical (unpaired) electrons. The Labute approximate surface area is 204 Å². The van der Waals surface area contributed by atoms with Gasteiger partial charge in [-0.3, -0.25) is 0 Å². The van der Waals surface area contributed by atoms with Crippen LogP contribution < -0.4 is 0 Å². The van der Waals surface area contributed by atoms with Gasteiger partial charge in [-0.1, -0.05) is 53.7 Å². The van der Waals surface area contributed by atoms with Crippen molar-refractivity contribution in [2.45, 2.75) is 92.6 Å². The van der Waals surface area contributed by atoms with Crippen LogP contribution in [0.5, 0.6) is 0 Å². The lowest BCUT2D eigenvalue weighted by atomic mass is 9.43. The minimum atomic E-state index is -0.932. The number of carboxylic acid groups (broad SMARTS) is 1. The minimum absolute atomic E-state index is 0.0410. The van der Waals surface area contributed by atoms with Crippen LogP contribution in [0.1, 0.15) is 96.2 Å². The number of rotatable bonds is 4. The van der Waals surface area contributed by atoms with E-state index in [9.17, 15) is 15.0 Å². The smallest absolute Gasteiger partial charge is 0.338 e. The Bertz CT molecular complexity index is 1060. The van der Waals surface area contributed by atoms with E-state index in [2.05, 4.69) is 53.7 Å². The highest BCUT2D eigenvalue weighted by Crippen LogP contribution is 2.70. The maximum absolute atomic E-state index is 11.3. The van der Waals surface area contributed by atoms with Crippen molar-refractivity contribution in [1.29, 1.82) is 0 Å². The summed E-state index contributed by atoms with van der Waals surface area (Å²) in [7, 11) is 0. The van der Waals surface area contributed by atoms with Crippen LogP contribution in [0, 0.1) is 39.4 Å². The molecule has 34 heavy (non-hydrogen) atoms. The predicted octanol–water partition coefficient (Wildman–Crippen LogP) is 7.04. The zero-order valence-electron chi connectivity index (χ0n) is 21.8. The topological polar surface area (TPSA) is 70.7 Å². The first-order valence-corrected chi connectivity index (χ1v) is 13.2. The highest BCUT2D eigenvalue weighted by atomic mass is 16.4. The van der Waals surface area contributed by atoms with E-state index in [0.717, 1.165) is 37.9 Å². The van der Waals surface area contributed by atoms with Gasteiger partial charge < -0.3 is 14.6 Å². The van der Waals surface area contributed by atoms with E-state index < -0.39 is 5.97 Å². The number of furan rings is 1. The summed E-state index contributed by atoms with van der Waals surface area (Å²) < 4.78 is 5.63. The van der Waals surface area contributed by atoms with Crippen molar-refractivity contribution in [3.8, 4) is 0 Å². The van der Waals surface area contributed by atoms with E-state index in [-0.39, 0.29) is 33.3 Å². The molecule has 2 fully saturated rings. The molecule has 186 valence electrons. The number of carboxylic acids is 1. The summed E-state index contributed by atoms with van der Waals surface area (Å²) in [4.78, 5) is 11.3. The standard InChI is InChI=1S/C30H42O4/c1-18(15-20-16-19(17-34-20)26(32)33)29(5)13-10-23-21-7-8-24-27(2,3)25(31)11-12-28(24,4)22(21)9-14-30(23,29)6/h7,10,16-18,22,24-25,31H,8-9,11-15H2,1-6H3,(H,32,33)/t18-,22-,24+,25-,28-,29+,30-/m1/s1. The van der Waals surface area contributed by atoms with Gasteiger partial charge in [0.15, 0.2) is 0 Å². The maximum atomic E-state index is 11.3. The van der Waals surface area contributed by atoms with Crippen molar-refractivity contribution < 1.29 is 19.4 Å². The molecular weight excluding hydrogens is 424 g/mol. The Morgan fingerprint density at radius 2 is 1.88 bits per heavy atom. The number of hydrogen-bond donors (Lipinski definition) is 2. The summed E-state index contributed by atoms with van der Waals surface area (Å²) >= 11 is 0. The predicted molar refractivity (Wildman–Crippen MR) is 133 cm³/mol. The molecule has 4 heteroatoms. The number of hydrogen-bond acceptors (Lipinski definition) is 3. The van der Waals surface area contributed by atoms with E-state index in [1.165, 1.54) is 19.1 Å². The van der Waals surface area contributed by atoms with E-state index in [1.807, 2.05) is 0 Å². The van der Waals surface area contributed by atoms with Gasteiger partial charge in [0, 0.05) is 6.42 Å². The van der Waals surface area contributed by atoms with Crippen LogP contribution in [0.2, 0.25) is 0 Å². The second kappa shape index (κ2) is 7.59. The molecule has 1 aromatic rings. The second-order valence-electron chi connectivity index (χ2n) is 13.2. The highest BCUT2D eigenvalue weighted by Gasteiger charge is 2.61. The van der Waals surface area contributed by atoms with Gasteiger partial charge in [-0.15, -0.1) is 0 Å². The summed E-state index contributed by atoms with van der Waals surface area (Å²) in [6.07, 6.45) is 13.6. The Morgan fingerprint density at radius 3 is 2.56 bits per heavy atom. The summed E-state index contributed by atoms with van der Waals surface area (Å²) in [5.74, 6) is 1.31. The number of aliphatic hydroxyl groups is 1. The van der Waals surface area contributed by atoms with Crippen LogP contribution in [-0.2, 0) is 6.42 Å². The normalized spacial score (nSPS) is 41.6. The zero-order valence-corrected chi connectivity index (χ0v) is 21.8. The lowest BCUT2D eigenvalue weighted by Gasteiger charge is -2.62. The summed E-state index contributed by atoms with van der Waals surface area (Å²) in [6.45, 7) is 14.3. The van der Waals surface area contributed by atoms with E-state index in [4.69, 9.17) is 4.42 Å². The average Bonchev–Trinajstić information content (AvgIpc) is 3.34. The van der Waals surface area contributed by atoms with Crippen LogP contribution in [0.15, 0.2) is 40.0 Å². The van der Waals surface area contributed by atoms with Crippen LogP contribution in [-0.4, -0.2) is 22.3 Å². The third-order valence-electron chi connectivity index (χ3n) is 11.6. The van der Waals surface area contributed by atoms with Gasteiger partial charge in [-0.05, 0) is 95.2 Å². The molecule has 7 atom stereocenters. The number of fused-ring (bicyclic) bond motifs is 5. The molecule has 4 aliphatic rings. The van der Waals surface area contributed by atoms with Gasteiger partial charge in [-0.2, -0.15) is 0 Å². The van der Waals surface area contributed by atoms with Crippen LogP contribution in [0.4, 0.5) is 0 Å². The lowest BCUT2D eigenvalue weighted by molar-refractivity contribution is -0.120. The zero-order chi connectivity index (χ0) is 24.7. The van der Waals surface area contributed by atoms with Gasteiger partial charge in [0.05, 0.1) is 11.7 Å². The lowest BCUT2D eigenvalue weighted by Crippen LogP contribution is -2.56. The van der Waals surface area contributed by atoms with Crippen molar-refractivity contribution in [1.82, 2.24) is 0 Å². The molecule has 1 heterocycles. The van der Waals surface area contributed by atoms with Crippen LogP contribution in [0.25, 0.3) is 0 Å². The molecular formula is C30H42O4. The fraction of sp³-hybridized carbons (Fsp3) is 0.700. The first-order chi connectivity index (χ1) is 15.8. The van der Waals surface area contributed by atoms with Crippen LogP contribution >= 0.6 is 0 Å². The Hall–Kier alpha value is -1.81. The third kappa shape index (κ3) is 3.09. The first-order valence-electron chi connectivity index (χ1n) is 13.2. The molecule has 0 bridgehead atoms.